The predicted octanol–water partition coefficient (Wildman–Crippen LogP) is 2.77. The Morgan fingerprint density at radius 1 is 1.10 bits per heavy atom. The second-order valence-electron chi connectivity index (χ2n) is 7.70. The first kappa shape index (κ1) is 20.6. The molecule has 0 unspecified atom stereocenters. The maximum Gasteiger partial charge on any atom is 0.326 e. The summed E-state index contributed by atoms with van der Waals surface area (Å²) in [6, 6.07) is 14.9. The van der Waals surface area contributed by atoms with E-state index in [1.807, 2.05) is 24.3 Å². The topological polar surface area (TPSA) is 94.9 Å². The van der Waals surface area contributed by atoms with Crippen molar-refractivity contribution in [1.82, 2.24) is 19.8 Å². The van der Waals surface area contributed by atoms with E-state index in [1.54, 1.807) is 22.5 Å². The summed E-state index contributed by atoms with van der Waals surface area (Å²) >= 11 is 0. The molecule has 2 aromatic carbocycles. The van der Waals surface area contributed by atoms with Crippen molar-refractivity contribution >= 4 is 28.7 Å². The fourth-order valence-electron chi connectivity index (χ4n) is 4.09. The predicted molar refractivity (Wildman–Crippen MR) is 115 cm³/mol. The van der Waals surface area contributed by atoms with E-state index < -0.39 is 5.91 Å². The number of rotatable bonds is 3. The van der Waals surface area contributed by atoms with Gasteiger partial charge in [0, 0.05) is 49.2 Å². The molecule has 0 saturated heterocycles. The Hall–Kier alpha value is -3.65. The molecule has 0 radical (unpaired) electrons. The van der Waals surface area contributed by atoms with Gasteiger partial charge in [0.15, 0.2) is 0 Å². The molecule has 1 aliphatic heterocycles. The summed E-state index contributed by atoms with van der Waals surface area (Å²) in [6.45, 7) is 2.93. The van der Waals surface area contributed by atoms with Gasteiger partial charge in [-0.15, -0.1) is 0 Å². The van der Waals surface area contributed by atoms with Gasteiger partial charge >= 0.3 is 6.03 Å². The Morgan fingerprint density at radius 2 is 1.81 bits per heavy atom. The zero-order valence-corrected chi connectivity index (χ0v) is 17.5. The first-order valence-electron chi connectivity index (χ1n) is 10.1. The lowest BCUT2D eigenvalue weighted by molar-refractivity contribution is -0.125. The molecule has 0 fully saturated rings. The van der Waals surface area contributed by atoms with Gasteiger partial charge in [0.1, 0.15) is 0 Å². The maximum atomic E-state index is 12.7. The van der Waals surface area contributed by atoms with Crippen LogP contribution in [0.15, 0.2) is 48.5 Å². The minimum Gasteiger partial charge on any atom is -0.338 e. The van der Waals surface area contributed by atoms with Crippen LogP contribution in [0.25, 0.3) is 10.9 Å². The number of fused-ring (bicyclic) bond motifs is 3. The average Bonchev–Trinajstić information content (AvgIpc) is 3.11. The highest BCUT2D eigenvalue weighted by Crippen LogP contribution is 2.32. The fourth-order valence-corrected chi connectivity index (χ4v) is 4.09. The lowest BCUT2D eigenvalue weighted by atomic mass is 10.0. The van der Waals surface area contributed by atoms with Crippen molar-refractivity contribution in [3.8, 4) is 0 Å². The first-order chi connectivity index (χ1) is 14.9. The largest absolute Gasteiger partial charge is 0.338 e. The lowest BCUT2D eigenvalue weighted by Crippen LogP contribution is -2.45. The van der Waals surface area contributed by atoms with Crippen LogP contribution in [-0.4, -0.2) is 51.0 Å². The van der Waals surface area contributed by atoms with Crippen LogP contribution in [0, 0.1) is 0 Å². The molecule has 0 aliphatic carbocycles. The Kier molecular flexibility index (Phi) is 5.48. The molecule has 2 N–H and O–H groups in total. The van der Waals surface area contributed by atoms with Crippen molar-refractivity contribution in [3.05, 3.63) is 70.9 Å². The number of imide groups is 1. The number of nitrogens with one attached hydrogen (secondary N) is 1. The van der Waals surface area contributed by atoms with Gasteiger partial charge < -0.3 is 9.47 Å². The highest BCUT2D eigenvalue weighted by molar-refractivity contribution is 5.94. The smallest absolute Gasteiger partial charge is 0.326 e. The first-order valence-corrected chi connectivity index (χ1v) is 10.1. The number of hydrogen-bond donors (Lipinski definition) is 2. The zero-order chi connectivity index (χ0) is 22.1. The monoisotopic (exact) mass is 420 g/mol. The van der Waals surface area contributed by atoms with Gasteiger partial charge in [0.05, 0.1) is 6.54 Å². The molecule has 1 aromatic heterocycles. The number of hydroxylamine groups is 1. The van der Waals surface area contributed by atoms with Crippen molar-refractivity contribution in [2.75, 3.05) is 13.6 Å². The number of aromatic nitrogens is 1. The summed E-state index contributed by atoms with van der Waals surface area (Å²) in [5, 5.41) is 9.97. The van der Waals surface area contributed by atoms with Gasteiger partial charge in [-0.1, -0.05) is 30.3 Å². The summed E-state index contributed by atoms with van der Waals surface area (Å²) in [5.74, 6) is -0.845. The third kappa shape index (κ3) is 3.77. The van der Waals surface area contributed by atoms with Gasteiger partial charge in [0.2, 0.25) is 5.91 Å². The summed E-state index contributed by atoms with van der Waals surface area (Å²) < 4.78 is 2.19. The zero-order valence-electron chi connectivity index (χ0n) is 17.5. The van der Waals surface area contributed by atoms with E-state index in [0.717, 1.165) is 28.1 Å². The molecule has 4 rings (SSSR count). The highest BCUT2D eigenvalue weighted by Gasteiger charge is 2.29. The van der Waals surface area contributed by atoms with Crippen LogP contribution in [0.1, 0.15) is 34.1 Å². The molecule has 160 valence electrons. The second kappa shape index (κ2) is 8.23. The van der Waals surface area contributed by atoms with Crippen LogP contribution in [0.4, 0.5) is 4.79 Å². The standard InChI is InChI=1S/C23H24N4O4/c1-15(28)25(2)23(30)26-12-11-19-18-5-3-4-6-20(18)27(21(19)14-26)13-16-7-9-17(10-8-16)22(29)24-31/h3-10,31H,11-14H2,1-2H3,(H,24,29). The van der Waals surface area contributed by atoms with Gasteiger partial charge in [0.25, 0.3) is 5.91 Å². The van der Waals surface area contributed by atoms with Crippen molar-refractivity contribution in [1.29, 1.82) is 0 Å². The molecule has 4 amide bonds. The summed E-state index contributed by atoms with van der Waals surface area (Å²) in [4.78, 5) is 38.8. The minimum absolute atomic E-state index is 0.289. The van der Waals surface area contributed by atoms with E-state index in [-0.39, 0.29) is 11.9 Å². The Morgan fingerprint density at radius 3 is 2.48 bits per heavy atom. The van der Waals surface area contributed by atoms with E-state index in [2.05, 4.69) is 16.7 Å². The maximum absolute atomic E-state index is 12.7. The molecule has 31 heavy (non-hydrogen) atoms. The minimum atomic E-state index is -0.556. The SMILES string of the molecule is CC(=O)N(C)C(=O)N1CCc2c(n(Cc3ccc(C(=O)NO)cc3)c3ccccc23)C1. The third-order valence-electron chi connectivity index (χ3n) is 5.85. The molecular weight excluding hydrogens is 396 g/mol. The van der Waals surface area contributed by atoms with Crippen LogP contribution in [0.5, 0.6) is 0 Å². The number of carbonyl (C=O) groups is 3. The quantitative estimate of drug-likeness (QED) is 0.503. The van der Waals surface area contributed by atoms with E-state index in [9.17, 15) is 14.4 Å². The Balaban J connectivity index is 1.70. The number of amides is 4. The molecule has 0 atom stereocenters. The van der Waals surface area contributed by atoms with Gasteiger partial charge in [-0.3, -0.25) is 19.7 Å². The number of nitrogens with zero attached hydrogens (tertiary/aromatic N) is 3. The number of para-hydroxylation sites is 1. The average molecular weight is 420 g/mol. The van der Waals surface area contributed by atoms with Crippen molar-refractivity contribution in [2.24, 2.45) is 0 Å². The molecule has 2 heterocycles. The second-order valence-corrected chi connectivity index (χ2v) is 7.70. The lowest BCUT2D eigenvalue weighted by Gasteiger charge is -2.31. The van der Waals surface area contributed by atoms with E-state index in [0.29, 0.717) is 25.2 Å². The molecule has 3 aromatic rings. The van der Waals surface area contributed by atoms with Crippen molar-refractivity contribution in [2.45, 2.75) is 26.4 Å². The summed E-state index contributed by atoms with van der Waals surface area (Å²) in [7, 11) is 1.50. The highest BCUT2D eigenvalue weighted by atomic mass is 16.5. The van der Waals surface area contributed by atoms with Crippen molar-refractivity contribution < 1.29 is 19.6 Å². The van der Waals surface area contributed by atoms with E-state index in [1.165, 1.54) is 24.9 Å². The number of benzene rings is 2. The molecule has 8 heteroatoms. The Labute approximate surface area is 179 Å². The van der Waals surface area contributed by atoms with Gasteiger partial charge in [-0.05, 0) is 35.7 Å². The van der Waals surface area contributed by atoms with E-state index in [4.69, 9.17) is 5.21 Å². The van der Waals surface area contributed by atoms with Gasteiger partial charge in [-0.2, -0.15) is 0 Å². The normalized spacial score (nSPS) is 13.1. The van der Waals surface area contributed by atoms with Crippen molar-refractivity contribution in [3.63, 3.8) is 0 Å². The fraction of sp³-hybridized carbons (Fsp3) is 0.261. The van der Waals surface area contributed by atoms with Crippen LogP contribution < -0.4 is 5.48 Å². The van der Waals surface area contributed by atoms with Crippen LogP contribution >= 0.6 is 0 Å². The molecule has 1 aliphatic rings. The number of hydrogen-bond acceptors (Lipinski definition) is 4. The molecule has 0 spiro atoms. The van der Waals surface area contributed by atoms with Crippen LogP contribution in [-0.2, 0) is 24.3 Å². The molecule has 0 bridgehead atoms. The number of urea groups is 1. The molecule has 8 nitrogen and oxygen atoms in total. The summed E-state index contributed by atoms with van der Waals surface area (Å²) in [6.07, 6.45) is 0.718. The van der Waals surface area contributed by atoms with Crippen LogP contribution in [0.3, 0.4) is 0 Å². The molecule has 0 saturated carbocycles. The molecular formula is C23H24N4O4. The Bertz CT molecular complexity index is 1170. The summed E-state index contributed by atoms with van der Waals surface area (Å²) in [5.41, 5.74) is 6.35. The van der Waals surface area contributed by atoms with Gasteiger partial charge in [-0.25, -0.2) is 10.3 Å². The number of carbonyl (C=O) groups excluding carboxylic acids is 3. The van der Waals surface area contributed by atoms with Crippen LogP contribution in [0.2, 0.25) is 0 Å². The third-order valence-corrected chi connectivity index (χ3v) is 5.85. The van der Waals surface area contributed by atoms with E-state index >= 15 is 0 Å².